The Kier molecular flexibility index (Phi) is 4.24. The molecule has 5 N–H and O–H groups in total. The van der Waals surface area contributed by atoms with Gasteiger partial charge >= 0.3 is 0 Å². The molecule has 3 unspecified atom stereocenters. The summed E-state index contributed by atoms with van der Waals surface area (Å²) in [5, 5.41) is 14.4. The maximum Gasteiger partial charge on any atom is 0.248 e. The van der Waals surface area contributed by atoms with Crippen LogP contribution in [0.15, 0.2) is 0 Å². The van der Waals surface area contributed by atoms with Crippen molar-refractivity contribution in [3.63, 3.8) is 0 Å². The van der Waals surface area contributed by atoms with Crippen molar-refractivity contribution in [2.45, 2.75) is 25.0 Å². The number of carbonyl (C=O) groups excluding carboxylic acids is 3. The summed E-state index contributed by atoms with van der Waals surface area (Å²) in [6.07, 6.45) is -0.265. The number of carbonyl (C=O) groups is 3. The molecule has 1 aliphatic rings. The second kappa shape index (κ2) is 5.45. The molecule has 1 rings (SSSR count). The van der Waals surface area contributed by atoms with E-state index in [1.165, 1.54) is 0 Å². The first-order valence-electron chi connectivity index (χ1n) is 5.01. The first-order valence-corrected chi connectivity index (χ1v) is 5.01. The molecule has 3 amide bonds. The predicted octanol–water partition coefficient (Wildman–Crippen LogP) is -2.53. The third kappa shape index (κ3) is 2.93. The molecule has 0 aromatic carbocycles. The Bertz CT molecular complexity index is 294. The zero-order valence-corrected chi connectivity index (χ0v) is 8.68. The standard InChI is InChI=1S/C9H15N3O4/c10-8(15)7(14)6(12-4-13)3-5-1-2-11-9(5)16/h4-7,14H,1-3H2,(H2,10,15)(H,11,16)(H,12,13). The number of hydrogen-bond acceptors (Lipinski definition) is 4. The van der Waals surface area contributed by atoms with Crippen LogP contribution in [0, 0.1) is 5.92 Å². The molecular formula is C9H15N3O4. The number of nitrogens with two attached hydrogens (primary N) is 1. The summed E-state index contributed by atoms with van der Waals surface area (Å²) in [6, 6.07) is -0.816. The molecule has 0 aliphatic carbocycles. The van der Waals surface area contributed by atoms with Crippen LogP contribution in [0.4, 0.5) is 0 Å². The fraction of sp³-hybridized carbons (Fsp3) is 0.667. The van der Waals surface area contributed by atoms with E-state index in [-0.39, 0.29) is 18.2 Å². The monoisotopic (exact) mass is 229 g/mol. The highest BCUT2D eigenvalue weighted by atomic mass is 16.3. The predicted molar refractivity (Wildman–Crippen MR) is 53.9 cm³/mol. The van der Waals surface area contributed by atoms with E-state index < -0.39 is 18.1 Å². The van der Waals surface area contributed by atoms with Crippen LogP contribution < -0.4 is 16.4 Å². The molecule has 1 saturated heterocycles. The van der Waals surface area contributed by atoms with Gasteiger partial charge in [-0.2, -0.15) is 0 Å². The van der Waals surface area contributed by atoms with E-state index in [1.807, 2.05) is 0 Å². The molecular weight excluding hydrogens is 214 g/mol. The van der Waals surface area contributed by atoms with Crippen LogP contribution >= 0.6 is 0 Å². The molecule has 0 radical (unpaired) electrons. The number of primary amides is 1. The molecule has 0 aromatic heterocycles. The fourth-order valence-corrected chi connectivity index (χ4v) is 1.75. The van der Waals surface area contributed by atoms with Crippen molar-refractivity contribution in [1.82, 2.24) is 10.6 Å². The minimum Gasteiger partial charge on any atom is -0.381 e. The Balaban J connectivity index is 2.59. The summed E-state index contributed by atoms with van der Waals surface area (Å²) < 4.78 is 0. The van der Waals surface area contributed by atoms with Crippen molar-refractivity contribution in [2.75, 3.05) is 6.54 Å². The summed E-state index contributed by atoms with van der Waals surface area (Å²) in [7, 11) is 0. The molecule has 1 fully saturated rings. The molecule has 0 spiro atoms. The summed E-state index contributed by atoms with van der Waals surface area (Å²) >= 11 is 0. The quantitative estimate of drug-likeness (QED) is 0.375. The topological polar surface area (TPSA) is 122 Å². The van der Waals surface area contributed by atoms with Gasteiger partial charge in [-0.1, -0.05) is 0 Å². The van der Waals surface area contributed by atoms with Crippen LogP contribution in [0.3, 0.4) is 0 Å². The Hall–Kier alpha value is -1.63. The van der Waals surface area contributed by atoms with Gasteiger partial charge in [0, 0.05) is 12.5 Å². The second-order valence-electron chi connectivity index (χ2n) is 3.75. The first kappa shape index (κ1) is 12.4. The van der Waals surface area contributed by atoms with E-state index in [1.54, 1.807) is 0 Å². The Labute approximate surface area is 92.4 Å². The normalized spacial score (nSPS) is 23.3. The van der Waals surface area contributed by atoms with E-state index in [4.69, 9.17) is 5.73 Å². The Morgan fingerprint density at radius 1 is 1.75 bits per heavy atom. The number of amides is 3. The van der Waals surface area contributed by atoms with Crippen molar-refractivity contribution in [2.24, 2.45) is 11.7 Å². The van der Waals surface area contributed by atoms with Gasteiger partial charge in [-0.15, -0.1) is 0 Å². The van der Waals surface area contributed by atoms with Gasteiger partial charge in [-0.25, -0.2) is 0 Å². The van der Waals surface area contributed by atoms with Gasteiger partial charge in [0.2, 0.25) is 18.2 Å². The van der Waals surface area contributed by atoms with E-state index in [0.717, 1.165) is 0 Å². The average Bonchev–Trinajstić information content (AvgIpc) is 2.62. The minimum atomic E-state index is -1.47. The van der Waals surface area contributed by atoms with Gasteiger partial charge in [0.25, 0.3) is 0 Å². The second-order valence-corrected chi connectivity index (χ2v) is 3.75. The molecule has 0 bridgehead atoms. The highest BCUT2D eigenvalue weighted by Crippen LogP contribution is 2.17. The average molecular weight is 229 g/mol. The largest absolute Gasteiger partial charge is 0.381 e. The number of aliphatic hydroxyl groups excluding tert-OH is 1. The summed E-state index contributed by atoms with van der Waals surface area (Å²) in [5.74, 6) is -1.35. The molecule has 16 heavy (non-hydrogen) atoms. The number of nitrogens with one attached hydrogen (secondary N) is 2. The van der Waals surface area contributed by atoms with E-state index in [2.05, 4.69) is 10.6 Å². The van der Waals surface area contributed by atoms with Gasteiger partial charge in [-0.05, 0) is 12.8 Å². The maximum atomic E-state index is 11.3. The van der Waals surface area contributed by atoms with Crippen molar-refractivity contribution in [3.8, 4) is 0 Å². The minimum absolute atomic E-state index is 0.130. The van der Waals surface area contributed by atoms with Gasteiger partial charge in [0.15, 0.2) is 6.10 Å². The highest BCUT2D eigenvalue weighted by molar-refractivity contribution is 5.82. The van der Waals surface area contributed by atoms with Crippen LogP contribution in [0.25, 0.3) is 0 Å². The lowest BCUT2D eigenvalue weighted by Crippen LogP contribution is -2.48. The third-order valence-corrected chi connectivity index (χ3v) is 2.66. The van der Waals surface area contributed by atoms with E-state index in [0.29, 0.717) is 19.4 Å². The number of hydrogen-bond donors (Lipinski definition) is 4. The zero-order chi connectivity index (χ0) is 12.1. The molecule has 7 nitrogen and oxygen atoms in total. The molecule has 0 aromatic rings. The van der Waals surface area contributed by atoms with Gasteiger partial charge in [0.05, 0.1) is 6.04 Å². The highest BCUT2D eigenvalue weighted by Gasteiger charge is 2.32. The zero-order valence-electron chi connectivity index (χ0n) is 8.68. The summed E-state index contributed by atoms with van der Waals surface area (Å²) in [6.45, 7) is 0.573. The van der Waals surface area contributed by atoms with Crippen LogP contribution in [-0.2, 0) is 14.4 Å². The lowest BCUT2D eigenvalue weighted by Gasteiger charge is -2.21. The lowest BCUT2D eigenvalue weighted by atomic mass is 9.95. The lowest BCUT2D eigenvalue weighted by molar-refractivity contribution is -0.129. The van der Waals surface area contributed by atoms with Crippen LogP contribution in [0.1, 0.15) is 12.8 Å². The molecule has 90 valence electrons. The SMILES string of the molecule is NC(=O)C(O)C(CC1CCNC1=O)NC=O. The number of aliphatic hydroxyl groups is 1. The molecule has 1 aliphatic heterocycles. The molecule has 3 atom stereocenters. The van der Waals surface area contributed by atoms with Crippen LogP contribution in [0.5, 0.6) is 0 Å². The van der Waals surface area contributed by atoms with Crippen molar-refractivity contribution in [3.05, 3.63) is 0 Å². The molecule has 0 saturated carbocycles. The fourth-order valence-electron chi connectivity index (χ4n) is 1.75. The van der Waals surface area contributed by atoms with E-state index in [9.17, 15) is 19.5 Å². The smallest absolute Gasteiger partial charge is 0.248 e. The van der Waals surface area contributed by atoms with Crippen molar-refractivity contribution < 1.29 is 19.5 Å². The van der Waals surface area contributed by atoms with Crippen molar-refractivity contribution >= 4 is 18.2 Å². The Morgan fingerprint density at radius 2 is 2.44 bits per heavy atom. The summed E-state index contributed by atoms with van der Waals surface area (Å²) in [5.41, 5.74) is 4.93. The van der Waals surface area contributed by atoms with Crippen molar-refractivity contribution in [1.29, 1.82) is 0 Å². The molecule has 7 heteroatoms. The van der Waals surface area contributed by atoms with Gasteiger partial charge in [-0.3, -0.25) is 14.4 Å². The third-order valence-electron chi connectivity index (χ3n) is 2.66. The van der Waals surface area contributed by atoms with Crippen LogP contribution in [0.2, 0.25) is 0 Å². The van der Waals surface area contributed by atoms with Gasteiger partial charge < -0.3 is 21.5 Å². The van der Waals surface area contributed by atoms with Gasteiger partial charge in [0.1, 0.15) is 0 Å². The Morgan fingerprint density at radius 3 is 2.88 bits per heavy atom. The maximum absolute atomic E-state index is 11.3. The summed E-state index contributed by atoms with van der Waals surface area (Å²) in [4.78, 5) is 32.4. The molecule has 1 heterocycles. The van der Waals surface area contributed by atoms with Crippen LogP contribution in [-0.4, -0.2) is 42.0 Å². The first-order chi connectivity index (χ1) is 7.56. The number of rotatable bonds is 6. The van der Waals surface area contributed by atoms with E-state index >= 15 is 0 Å².